The highest BCUT2D eigenvalue weighted by Gasteiger charge is 2.27. The minimum atomic E-state index is -0.937. The monoisotopic (exact) mass is 477 g/mol. The Morgan fingerprint density at radius 1 is 1.03 bits per heavy atom. The third-order valence-corrected chi connectivity index (χ3v) is 6.98. The molecule has 0 amide bonds. The van der Waals surface area contributed by atoms with E-state index in [1.807, 2.05) is 24.4 Å². The smallest absolute Gasteiger partial charge is 0.335 e. The van der Waals surface area contributed by atoms with E-state index in [0.717, 1.165) is 69.9 Å². The second kappa shape index (κ2) is 8.68. The van der Waals surface area contributed by atoms with Crippen LogP contribution in [-0.2, 0) is 0 Å². The van der Waals surface area contributed by atoms with Gasteiger partial charge in [-0.2, -0.15) is 0 Å². The van der Waals surface area contributed by atoms with Gasteiger partial charge in [0.25, 0.3) is 0 Å². The van der Waals surface area contributed by atoms with Gasteiger partial charge in [0, 0.05) is 59.4 Å². The third-order valence-electron chi connectivity index (χ3n) is 6.98. The molecule has 3 aromatic heterocycles. The summed E-state index contributed by atoms with van der Waals surface area (Å²) >= 11 is 0. The molecule has 7 heteroatoms. The molecule has 1 fully saturated rings. The summed E-state index contributed by atoms with van der Waals surface area (Å²) in [5.41, 5.74) is 6.23. The molecule has 0 saturated carbocycles. The Morgan fingerprint density at radius 2 is 1.92 bits per heavy atom. The van der Waals surface area contributed by atoms with Gasteiger partial charge in [-0.3, -0.25) is 0 Å². The van der Waals surface area contributed by atoms with Crippen LogP contribution < -0.4 is 9.80 Å². The van der Waals surface area contributed by atoms with Crippen LogP contribution in [0.2, 0.25) is 0 Å². The molecule has 1 aliphatic heterocycles. The molecule has 0 bridgehead atoms. The maximum absolute atomic E-state index is 11.6. The van der Waals surface area contributed by atoms with Crippen LogP contribution in [0.25, 0.3) is 33.1 Å². The summed E-state index contributed by atoms with van der Waals surface area (Å²) in [6.45, 7) is 6.75. The molecule has 6 rings (SSSR count). The maximum atomic E-state index is 11.6. The fourth-order valence-electron chi connectivity index (χ4n) is 5.22. The molecule has 0 spiro atoms. The fraction of sp³-hybridized carbons (Fsp3) is 0.207. The molecule has 4 heterocycles. The van der Waals surface area contributed by atoms with Crippen LogP contribution in [0.5, 0.6) is 0 Å². The van der Waals surface area contributed by atoms with Gasteiger partial charge in [-0.25, -0.2) is 14.8 Å². The van der Waals surface area contributed by atoms with Crippen molar-refractivity contribution in [1.82, 2.24) is 15.0 Å². The number of pyridine rings is 2. The normalized spacial score (nSPS) is 16.1. The van der Waals surface area contributed by atoms with Crippen molar-refractivity contribution in [3.63, 3.8) is 0 Å². The zero-order valence-electron chi connectivity index (χ0n) is 20.3. The van der Waals surface area contributed by atoms with Crippen molar-refractivity contribution in [1.29, 1.82) is 0 Å². The first-order valence-electron chi connectivity index (χ1n) is 12.2. The van der Waals surface area contributed by atoms with Gasteiger partial charge in [0.05, 0.1) is 22.5 Å². The number of hydrogen-bond acceptors (Lipinski definition) is 5. The van der Waals surface area contributed by atoms with E-state index in [0.29, 0.717) is 0 Å². The van der Waals surface area contributed by atoms with Crippen molar-refractivity contribution in [3.8, 4) is 11.3 Å². The molecule has 36 heavy (non-hydrogen) atoms. The van der Waals surface area contributed by atoms with Crippen LogP contribution in [0.1, 0.15) is 23.0 Å². The number of nitrogens with one attached hydrogen (secondary N) is 1. The first-order chi connectivity index (χ1) is 17.5. The molecule has 2 N–H and O–H groups in total. The molecule has 0 aliphatic carbocycles. The number of hydrogen-bond donors (Lipinski definition) is 2. The van der Waals surface area contributed by atoms with Crippen molar-refractivity contribution >= 4 is 39.3 Å². The molecule has 1 aliphatic rings. The lowest BCUT2D eigenvalue weighted by molar-refractivity contribution is 0.0697. The highest BCUT2D eigenvalue weighted by Crippen LogP contribution is 2.36. The van der Waals surface area contributed by atoms with Gasteiger partial charge < -0.3 is 19.9 Å². The Kier molecular flexibility index (Phi) is 5.33. The second-order valence-corrected chi connectivity index (χ2v) is 9.50. The summed E-state index contributed by atoms with van der Waals surface area (Å²) in [4.78, 5) is 29.3. The van der Waals surface area contributed by atoms with E-state index in [2.05, 4.69) is 63.9 Å². The van der Waals surface area contributed by atoms with Crippen LogP contribution in [0, 0.1) is 6.92 Å². The van der Waals surface area contributed by atoms with Gasteiger partial charge in [-0.15, -0.1) is 0 Å². The fourth-order valence-corrected chi connectivity index (χ4v) is 5.22. The lowest BCUT2D eigenvalue weighted by Gasteiger charge is -2.42. The summed E-state index contributed by atoms with van der Waals surface area (Å²) in [5.74, 6) is 0.0494. The van der Waals surface area contributed by atoms with E-state index >= 15 is 0 Å². The minimum Gasteiger partial charge on any atom is -0.478 e. The van der Waals surface area contributed by atoms with Crippen molar-refractivity contribution in [2.75, 3.05) is 29.4 Å². The lowest BCUT2D eigenvalue weighted by atomic mass is 10.0. The molecule has 1 saturated heterocycles. The van der Waals surface area contributed by atoms with E-state index in [1.165, 1.54) is 0 Å². The van der Waals surface area contributed by atoms with E-state index in [-0.39, 0.29) is 11.6 Å². The van der Waals surface area contributed by atoms with Gasteiger partial charge >= 0.3 is 5.97 Å². The van der Waals surface area contributed by atoms with Gasteiger partial charge in [0.2, 0.25) is 0 Å². The van der Waals surface area contributed by atoms with Gasteiger partial charge in [-0.05, 0) is 68.4 Å². The van der Waals surface area contributed by atoms with Crippen LogP contribution in [0.4, 0.5) is 11.5 Å². The Hall–Kier alpha value is -4.39. The Labute approximate surface area is 209 Å². The summed E-state index contributed by atoms with van der Waals surface area (Å²) in [5, 5.41) is 11.5. The van der Waals surface area contributed by atoms with Gasteiger partial charge in [0.1, 0.15) is 5.82 Å². The summed E-state index contributed by atoms with van der Waals surface area (Å²) in [7, 11) is 0. The topological polar surface area (TPSA) is 85.3 Å². The number of fused-ring (bicyclic) bond motifs is 2. The van der Waals surface area contributed by atoms with Crippen LogP contribution in [0.3, 0.4) is 0 Å². The highest BCUT2D eigenvalue weighted by molar-refractivity contribution is 5.97. The lowest BCUT2D eigenvalue weighted by Crippen LogP contribution is -2.52. The predicted molar refractivity (Wildman–Crippen MR) is 144 cm³/mol. The number of aryl methyl sites for hydroxylation is 1. The van der Waals surface area contributed by atoms with Crippen molar-refractivity contribution in [2.24, 2.45) is 0 Å². The third kappa shape index (κ3) is 3.92. The number of carbonyl (C=O) groups is 1. The molecular formula is C29H27N5O2. The summed E-state index contributed by atoms with van der Waals surface area (Å²) in [6.07, 6.45) is 1.83. The number of anilines is 2. The molecule has 2 aromatic carbocycles. The Morgan fingerprint density at radius 3 is 2.69 bits per heavy atom. The quantitative estimate of drug-likeness (QED) is 0.356. The van der Waals surface area contributed by atoms with Gasteiger partial charge in [-0.1, -0.05) is 12.1 Å². The van der Waals surface area contributed by atoms with E-state index < -0.39 is 5.97 Å². The van der Waals surface area contributed by atoms with Crippen molar-refractivity contribution < 1.29 is 9.90 Å². The summed E-state index contributed by atoms with van der Waals surface area (Å²) < 4.78 is 0. The van der Waals surface area contributed by atoms with Crippen molar-refractivity contribution in [3.05, 3.63) is 84.2 Å². The number of H-pyrrole nitrogens is 1. The minimum absolute atomic E-state index is 0.208. The molecular weight excluding hydrogens is 450 g/mol. The SMILES string of the molecule is Cc1cc2cc(-c3nc4ccc(C(=O)O)cc4cc3N3CCN(c4ccccn4)C[C@@H]3C)ccc2[nH]1. The van der Waals surface area contributed by atoms with E-state index in [1.54, 1.807) is 18.2 Å². The highest BCUT2D eigenvalue weighted by atomic mass is 16.4. The number of benzene rings is 2. The average molecular weight is 478 g/mol. The number of carboxylic acids is 1. The largest absolute Gasteiger partial charge is 0.478 e. The molecule has 0 unspecified atom stereocenters. The van der Waals surface area contributed by atoms with Crippen molar-refractivity contribution in [2.45, 2.75) is 19.9 Å². The number of aromatic nitrogens is 3. The molecule has 7 nitrogen and oxygen atoms in total. The molecule has 180 valence electrons. The molecule has 1 atom stereocenters. The molecule has 0 radical (unpaired) electrons. The van der Waals surface area contributed by atoms with E-state index in [4.69, 9.17) is 4.98 Å². The Bertz CT molecular complexity index is 1590. The number of piperazine rings is 1. The van der Waals surface area contributed by atoms with E-state index in [9.17, 15) is 9.90 Å². The zero-order chi connectivity index (χ0) is 24.8. The second-order valence-electron chi connectivity index (χ2n) is 9.50. The number of aromatic carboxylic acids is 1. The zero-order valence-corrected chi connectivity index (χ0v) is 20.3. The number of carboxylic acid groups (broad SMARTS) is 1. The number of aromatic amines is 1. The number of nitrogens with zero attached hydrogens (tertiary/aromatic N) is 4. The van der Waals surface area contributed by atoms with Gasteiger partial charge in [0.15, 0.2) is 0 Å². The first-order valence-corrected chi connectivity index (χ1v) is 12.2. The van der Waals surface area contributed by atoms with Crippen LogP contribution >= 0.6 is 0 Å². The first kappa shape index (κ1) is 22.1. The Balaban J connectivity index is 1.46. The maximum Gasteiger partial charge on any atom is 0.335 e. The van der Waals surface area contributed by atoms with Crippen LogP contribution in [-0.4, -0.2) is 51.7 Å². The summed E-state index contributed by atoms with van der Waals surface area (Å²) in [6, 6.07) is 22.0. The average Bonchev–Trinajstić information content (AvgIpc) is 3.27. The standard InChI is InChI=1S/C29H27N5O2/c1-18-13-22-14-20(6-8-24(22)31-18)28-26(16-23-15-21(29(35)36)7-9-25(23)32-28)34-12-11-33(17-19(34)2)27-5-3-4-10-30-27/h3-10,13-16,19,31H,11-12,17H2,1-2H3,(H,35,36)/t19-/m0/s1. The molecule has 5 aromatic rings. The van der Waals surface area contributed by atoms with Crippen LogP contribution in [0.15, 0.2) is 72.9 Å². The number of rotatable bonds is 4. The predicted octanol–water partition coefficient (Wildman–Crippen LogP) is 5.50.